The summed E-state index contributed by atoms with van der Waals surface area (Å²) >= 11 is 0. The minimum atomic E-state index is -3.95. The molecular formula is C9H15N3O4S. The maximum atomic E-state index is 11.7. The van der Waals surface area contributed by atoms with Gasteiger partial charge in [0, 0.05) is 7.05 Å². The maximum Gasteiger partial charge on any atom is 0.323 e. The van der Waals surface area contributed by atoms with Crippen molar-refractivity contribution in [1.29, 1.82) is 0 Å². The maximum absolute atomic E-state index is 11.7. The van der Waals surface area contributed by atoms with Crippen molar-refractivity contribution in [2.75, 3.05) is 4.72 Å². The molecule has 7 nitrogen and oxygen atoms in total. The fourth-order valence-electron chi connectivity index (χ4n) is 1.28. The van der Waals surface area contributed by atoms with Crippen LogP contribution in [0.3, 0.4) is 0 Å². The van der Waals surface area contributed by atoms with Gasteiger partial charge < -0.3 is 5.11 Å². The van der Waals surface area contributed by atoms with E-state index in [0.717, 1.165) is 6.92 Å². The number of anilines is 1. The first-order valence-electron chi connectivity index (χ1n) is 4.91. The van der Waals surface area contributed by atoms with E-state index in [-0.39, 0.29) is 0 Å². The van der Waals surface area contributed by atoms with Crippen LogP contribution in [-0.4, -0.2) is 34.5 Å². The molecular weight excluding hydrogens is 246 g/mol. The number of carbonyl (C=O) groups is 1. The highest BCUT2D eigenvalue weighted by Gasteiger charge is 2.29. The average Bonchev–Trinajstić information content (AvgIpc) is 2.43. The molecule has 0 radical (unpaired) electrons. The van der Waals surface area contributed by atoms with Crippen LogP contribution in [0.1, 0.15) is 18.3 Å². The van der Waals surface area contributed by atoms with Crippen molar-refractivity contribution >= 4 is 21.7 Å². The number of nitrogens with zero attached hydrogens (tertiary/aromatic N) is 2. The highest BCUT2D eigenvalue weighted by atomic mass is 32.2. The second-order valence-corrected chi connectivity index (χ2v) is 5.80. The number of nitrogens with one attached hydrogen (secondary N) is 1. The molecule has 17 heavy (non-hydrogen) atoms. The molecule has 1 unspecified atom stereocenters. The lowest BCUT2D eigenvalue weighted by molar-refractivity contribution is -0.136. The van der Waals surface area contributed by atoms with Gasteiger partial charge in [0.05, 0.1) is 17.1 Å². The molecule has 1 heterocycles. The number of hydrogen-bond donors (Lipinski definition) is 2. The van der Waals surface area contributed by atoms with Crippen molar-refractivity contribution in [2.45, 2.75) is 26.0 Å². The molecule has 0 saturated heterocycles. The van der Waals surface area contributed by atoms with Crippen molar-refractivity contribution in [3.05, 3.63) is 11.4 Å². The highest BCUT2D eigenvalue weighted by molar-refractivity contribution is 7.94. The summed E-state index contributed by atoms with van der Waals surface area (Å²) < 4.78 is 27.2. The van der Waals surface area contributed by atoms with E-state index in [1.165, 1.54) is 4.68 Å². The Morgan fingerprint density at radius 1 is 1.47 bits per heavy atom. The summed E-state index contributed by atoms with van der Waals surface area (Å²) in [4.78, 5) is 10.7. The van der Waals surface area contributed by atoms with Crippen molar-refractivity contribution in [2.24, 2.45) is 7.05 Å². The predicted octanol–water partition coefficient (Wildman–Crippen LogP) is 0.252. The summed E-state index contributed by atoms with van der Waals surface area (Å²) in [6.07, 6.45) is 0. The molecule has 1 atom stereocenters. The quantitative estimate of drug-likeness (QED) is 0.809. The Morgan fingerprint density at radius 2 is 2.00 bits per heavy atom. The van der Waals surface area contributed by atoms with Gasteiger partial charge in [-0.1, -0.05) is 0 Å². The molecule has 0 spiro atoms. The first-order chi connectivity index (χ1) is 7.66. The van der Waals surface area contributed by atoms with Gasteiger partial charge in [0.2, 0.25) is 10.0 Å². The number of aliphatic carboxylic acids is 1. The van der Waals surface area contributed by atoms with Gasteiger partial charge in [-0.2, -0.15) is 5.10 Å². The second-order valence-electron chi connectivity index (χ2n) is 3.80. The van der Waals surface area contributed by atoms with E-state index in [2.05, 4.69) is 9.82 Å². The van der Waals surface area contributed by atoms with E-state index in [1.54, 1.807) is 20.9 Å². The van der Waals surface area contributed by atoms with Gasteiger partial charge in [-0.05, 0) is 20.8 Å². The van der Waals surface area contributed by atoms with Gasteiger partial charge >= 0.3 is 5.97 Å². The molecule has 1 aromatic heterocycles. The highest BCUT2D eigenvalue weighted by Crippen LogP contribution is 2.20. The van der Waals surface area contributed by atoms with Crippen molar-refractivity contribution < 1.29 is 18.3 Å². The zero-order valence-corrected chi connectivity index (χ0v) is 10.9. The fourth-order valence-corrected chi connectivity index (χ4v) is 2.31. The van der Waals surface area contributed by atoms with Gasteiger partial charge in [-0.15, -0.1) is 0 Å². The topological polar surface area (TPSA) is 101 Å². The lowest BCUT2D eigenvalue weighted by Gasteiger charge is -2.11. The number of hydrogen-bond acceptors (Lipinski definition) is 4. The van der Waals surface area contributed by atoms with Crippen LogP contribution in [0.2, 0.25) is 0 Å². The summed E-state index contributed by atoms with van der Waals surface area (Å²) in [5.41, 5.74) is 1.47. The van der Waals surface area contributed by atoms with Gasteiger partial charge in [0.15, 0.2) is 5.25 Å². The largest absolute Gasteiger partial charge is 0.480 e. The number of carboxylic acid groups (broad SMARTS) is 1. The molecule has 1 aromatic rings. The third-order valence-electron chi connectivity index (χ3n) is 2.57. The van der Waals surface area contributed by atoms with Crippen molar-refractivity contribution in [3.8, 4) is 0 Å². The van der Waals surface area contributed by atoms with Crippen molar-refractivity contribution in [3.63, 3.8) is 0 Å². The first kappa shape index (κ1) is 13.5. The van der Waals surface area contributed by atoms with E-state index in [1.807, 2.05) is 0 Å². The molecule has 0 aromatic carbocycles. The van der Waals surface area contributed by atoms with E-state index in [0.29, 0.717) is 17.1 Å². The molecule has 0 aliphatic rings. The van der Waals surface area contributed by atoms with Gasteiger partial charge in [0.25, 0.3) is 0 Å². The summed E-state index contributed by atoms with van der Waals surface area (Å²) in [5, 5.41) is 11.2. The molecule has 0 fully saturated rings. The first-order valence-corrected chi connectivity index (χ1v) is 6.46. The number of aryl methyl sites for hydroxylation is 2. The van der Waals surface area contributed by atoms with Crippen LogP contribution >= 0.6 is 0 Å². The normalized spacial score (nSPS) is 13.4. The van der Waals surface area contributed by atoms with E-state index < -0.39 is 21.2 Å². The monoisotopic (exact) mass is 261 g/mol. The Hall–Kier alpha value is -1.57. The summed E-state index contributed by atoms with van der Waals surface area (Å²) in [7, 11) is -2.27. The molecule has 0 amide bonds. The molecule has 96 valence electrons. The molecule has 2 N–H and O–H groups in total. The van der Waals surface area contributed by atoms with Crippen molar-refractivity contribution in [1.82, 2.24) is 9.78 Å². The molecule has 0 bridgehead atoms. The van der Waals surface area contributed by atoms with Gasteiger partial charge in [-0.25, -0.2) is 8.42 Å². The third-order valence-corrected chi connectivity index (χ3v) is 4.19. The Bertz CT molecular complexity index is 547. The number of sulfonamides is 1. The smallest absolute Gasteiger partial charge is 0.323 e. The standard InChI is InChI=1S/C9H15N3O4S/c1-5-8(6(2)12(4)10-5)11-17(15,16)7(3)9(13)14/h7,11H,1-4H3,(H,13,14). The molecule has 0 saturated carbocycles. The average molecular weight is 261 g/mol. The van der Waals surface area contributed by atoms with Crippen LogP contribution < -0.4 is 4.72 Å². The Kier molecular flexibility index (Phi) is 3.46. The van der Waals surface area contributed by atoms with E-state index in [4.69, 9.17) is 5.11 Å². The Balaban J connectivity index is 3.11. The number of rotatable bonds is 4. The number of carboxylic acids is 1. The fraction of sp³-hybridized carbons (Fsp3) is 0.556. The van der Waals surface area contributed by atoms with Crippen LogP contribution in [0.5, 0.6) is 0 Å². The summed E-state index contributed by atoms with van der Waals surface area (Å²) in [6, 6.07) is 0. The minimum absolute atomic E-state index is 0.334. The van der Waals surface area contributed by atoms with Gasteiger partial charge in [-0.3, -0.25) is 14.2 Å². The second kappa shape index (κ2) is 4.36. The van der Waals surface area contributed by atoms with Crippen LogP contribution in [0, 0.1) is 13.8 Å². The predicted molar refractivity (Wildman–Crippen MR) is 62.3 cm³/mol. The molecule has 0 aliphatic carbocycles. The van der Waals surface area contributed by atoms with E-state index >= 15 is 0 Å². The lowest BCUT2D eigenvalue weighted by Crippen LogP contribution is -2.32. The van der Waals surface area contributed by atoms with Crippen LogP contribution in [-0.2, 0) is 21.9 Å². The zero-order valence-electron chi connectivity index (χ0n) is 10.1. The summed E-state index contributed by atoms with van der Waals surface area (Å²) in [6.45, 7) is 4.46. The van der Waals surface area contributed by atoms with Crippen LogP contribution in [0.25, 0.3) is 0 Å². The molecule has 1 rings (SSSR count). The van der Waals surface area contributed by atoms with Crippen LogP contribution in [0.15, 0.2) is 0 Å². The third kappa shape index (κ3) is 2.57. The lowest BCUT2D eigenvalue weighted by atomic mass is 10.3. The molecule has 8 heteroatoms. The van der Waals surface area contributed by atoms with Gasteiger partial charge in [0.1, 0.15) is 0 Å². The zero-order chi connectivity index (χ0) is 13.4. The summed E-state index contributed by atoms with van der Waals surface area (Å²) in [5.74, 6) is -1.39. The van der Waals surface area contributed by atoms with E-state index in [9.17, 15) is 13.2 Å². The number of aromatic nitrogens is 2. The van der Waals surface area contributed by atoms with Crippen LogP contribution in [0.4, 0.5) is 5.69 Å². The molecule has 0 aliphatic heterocycles. The Labute approximate surface area is 99.5 Å². The minimum Gasteiger partial charge on any atom is -0.480 e. The SMILES string of the molecule is Cc1nn(C)c(C)c1NS(=O)(=O)C(C)C(=O)O. The Morgan fingerprint density at radius 3 is 2.35 bits per heavy atom.